The van der Waals surface area contributed by atoms with Crippen LogP contribution in [0.25, 0.3) is 5.69 Å². The molecule has 1 N–H and O–H groups in total. The van der Waals surface area contributed by atoms with Gasteiger partial charge in [0.15, 0.2) is 0 Å². The summed E-state index contributed by atoms with van der Waals surface area (Å²) < 4.78 is 17.7. The minimum atomic E-state index is -0.240. The molecule has 0 unspecified atom stereocenters. The molecule has 0 radical (unpaired) electrons. The molecule has 0 saturated heterocycles. The van der Waals surface area contributed by atoms with Gasteiger partial charge in [-0.2, -0.15) is 10.2 Å². The topological polar surface area (TPSA) is 47.7 Å². The van der Waals surface area contributed by atoms with E-state index in [4.69, 9.17) is 0 Å². The third kappa shape index (κ3) is 4.13. The SMILES string of the molecule is CCCn1cc(CN[C@@H]2CC(C)(C)Cc3c2cnn3-c2cccc(F)c2)c(C)n1. The van der Waals surface area contributed by atoms with Crippen molar-refractivity contribution in [2.24, 2.45) is 5.41 Å². The van der Waals surface area contributed by atoms with Crippen LogP contribution in [0.2, 0.25) is 0 Å². The molecule has 0 spiro atoms. The van der Waals surface area contributed by atoms with Crippen molar-refractivity contribution in [3.8, 4) is 5.69 Å². The summed E-state index contributed by atoms with van der Waals surface area (Å²) in [6, 6.07) is 6.87. The lowest BCUT2D eigenvalue weighted by Crippen LogP contribution is -2.33. The zero-order chi connectivity index (χ0) is 20.6. The van der Waals surface area contributed by atoms with Gasteiger partial charge in [-0.1, -0.05) is 26.8 Å². The molecule has 0 saturated carbocycles. The molecule has 1 aromatic carbocycles. The second kappa shape index (κ2) is 7.75. The summed E-state index contributed by atoms with van der Waals surface area (Å²) in [7, 11) is 0. The predicted octanol–water partition coefficient (Wildman–Crippen LogP) is 4.73. The first kappa shape index (κ1) is 19.8. The molecule has 6 heteroatoms. The predicted molar refractivity (Wildman–Crippen MR) is 112 cm³/mol. The first-order valence-corrected chi connectivity index (χ1v) is 10.5. The highest BCUT2D eigenvalue weighted by molar-refractivity contribution is 5.38. The molecule has 5 nitrogen and oxygen atoms in total. The second-order valence-corrected chi connectivity index (χ2v) is 8.92. The Morgan fingerprint density at radius 3 is 2.90 bits per heavy atom. The van der Waals surface area contributed by atoms with Crippen LogP contribution in [0, 0.1) is 18.2 Å². The van der Waals surface area contributed by atoms with Gasteiger partial charge in [-0.15, -0.1) is 0 Å². The van der Waals surface area contributed by atoms with Gasteiger partial charge >= 0.3 is 0 Å². The van der Waals surface area contributed by atoms with Crippen LogP contribution in [0.3, 0.4) is 0 Å². The van der Waals surface area contributed by atoms with Gasteiger partial charge in [0.1, 0.15) is 5.82 Å². The Balaban J connectivity index is 1.60. The van der Waals surface area contributed by atoms with Crippen molar-refractivity contribution in [2.75, 3.05) is 0 Å². The van der Waals surface area contributed by atoms with Crippen molar-refractivity contribution in [3.05, 3.63) is 65.0 Å². The van der Waals surface area contributed by atoms with Crippen LogP contribution >= 0.6 is 0 Å². The number of hydrogen-bond acceptors (Lipinski definition) is 3. The third-order valence-electron chi connectivity index (χ3n) is 5.77. The number of aryl methyl sites for hydroxylation is 2. The van der Waals surface area contributed by atoms with Gasteiger partial charge in [-0.3, -0.25) is 4.68 Å². The number of benzene rings is 1. The smallest absolute Gasteiger partial charge is 0.125 e. The molecule has 1 atom stereocenters. The van der Waals surface area contributed by atoms with Gasteiger partial charge in [0.05, 0.1) is 17.6 Å². The standard InChI is InChI=1S/C23H30FN5/c1-5-9-28-15-17(16(2)27-28)13-25-21-11-23(3,4)12-22-20(21)14-26-29(22)19-8-6-7-18(24)10-19/h6-8,10,14-15,21,25H,5,9,11-13H2,1-4H3/t21-/m1/s1. The summed E-state index contributed by atoms with van der Waals surface area (Å²) in [5, 5.41) is 13.0. The van der Waals surface area contributed by atoms with Crippen LogP contribution in [0.4, 0.5) is 4.39 Å². The van der Waals surface area contributed by atoms with Gasteiger partial charge < -0.3 is 5.32 Å². The summed E-state index contributed by atoms with van der Waals surface area (Å²) in [5.41, 5.74) is 5.61. The average Bonchev–Trinajstić information content (AvgIpc) is 3.22. The normalized spacial score (nSPS) is 18.0. The lowest BCUT2D eigenvalue weighted by molar-refractivity contribution is 0.252. The fraction of sp³-hybridized carbons (Fsp3) is 0.478. The van der Waals surface area contributed by atoms with E-state index < -0.39 is 0 Å². The Kier molecular flexibility index (Phi) is 5.30. The summed E-state index contributed by atoms with van der Waals surface area (Å²) in [6.07, 6.45) is 7.13. The summed E-state index contributed by atoms with van der Waals surface area (Å²) in [6.45, 7) is 10.5. The number of halogens is 1. The third-order valence-corrected chi connectivity index (χ3v) is 5.77. The number of rotatable bonds is 6. The Morgan fingerprint density at radius 2 is 2.14 bits per heavy atom. The molecular weight excluding hydrogens is 365 g/mol. The maximum Gasteiger partial charge on any atom is 0.125 e. The molecule has 2 aromatic heterocycles. The Morgan fingerprint density at radius 1 is 1.31 bits per heavy atom. The van der Waals surface area contributed by atoms with Gasteiger partial charge in [-0.25, -0.2) is 9.07 Å². The molecular formula is C23H30FN5. The molecule has 29 heavy (non-hydrogen) atoms. The zero-order valence-electron chi connectivity index (χ0n) is 17.7. The first-order valence-electron chi connectivity index (χ1n) is 10.5. The van der Waals surface area contributed by atoms with E-state index in [0.29, 0.717) is 0 Å². The van der Waals surface area contributed by atoms with Crippen molar-refractivity contribution >= 4 is 0 Å². The van der Waals surface area contributed by atoms with E-state index in [2.05, 4.69) is 49.4 Å². The summed E-state index contributed by atoms with van der Waals surface area (Å²) >= 11 is 0. The number of aromatic nitrogens is 4. The average molecular weight is 396 g/mol. The maximum absolute atomic E-state index is 13.8. The van der Waals surface area contributed by atoms with Crippen molar-refractivity contribution in [1.29, 1.82) is 0 Å². The second-order valence-electron chi connectivity index (χ2n) is 8.92. The molecule has 0 aliphatic heterocycles. The highest BCUT2D eigenvalue weighted by Crippen LogP contribution is 2.41. The molecule has 0 amide bonds. The largest absolute Gasteiger partial charge is 0.306 e. The molecule has 0 bridgehead atoms. The zero-order valence-corrected chi connectivity index (χ0v) is 17.7. The molecule has 2 heterocycles. The van der Waals surface area contributed by atoms with E-state index in [-0.39, 0.29) is 17.3 Å². The number of nitrogens with zero attached hydrogens (tertiary/aromatic N) is 4. The molecule has 0 fully saturated rings. The first-order chi connectivity index (χ1) is 13.9. The quantitative estimate of drug-likeness (QED) is 0.656. The van der Waals surface area contributed by atoms with Crippen LogP contribution in [0.15, 0.2) is 36.7 Å². The highest BCUT2D eigenvalue weighted by Gasteiger charge is 2.35. The van der Waals surface area contributed by atoms with Crippen LogP contribution in [-0.4, -0.2) is 19.6 Å². The molecule has 1 aliphatic carbocycles. The highest BCUT2D eigenvalue weighted by atomic mass is 19.1. The van der Waals surface area contributed by atoms with Gasteiger partial charge in [0.25, 0.3) is 0 Å². The van der Waals surface area contributed by atoms with Gasteiger partial charge in [0.2, 0.25) is 0 Å². The summed E-state index contributed by atoms with van der Waals surface area (Å²) in [5.74, 6) is -0.240. The van der Waals surface area contributed by atoms with Crippen LogP contribution < -0.4 is 5.32 Å². The molecule has 154 valence electrons. The fourth-order valence-electron chi connectivity index (χ4n) is 4.36. The van der Waals surface area contributed by atoms with E-state index in [0.717, 1.165) is 43.7 Å². The van der Waals surface area contributed by atoms with Crippen molar-refractivity contribution in [2.45, 2.75) is 66.1 Å². The lowest BCUT2D eigenvalue weighted by atomic mass is 9.74. The van der Waals surface area contributed by atoms with Crippen LogP contribution in [-0.2, 0) is 19.5 Å². The van der Waals surface area contributed by atoms with E-state index in [1.54, 1.807) is 12.1 Å². The van der Waals surface area contributed by atoms with E-state index >= 15 is 0 Å². The number of nitrogens with one attached hydrogen (secondary N) is 1. The van der Waals surface area contributed by atoms with Gasteiger partial charge in [-0.05, 0) is 49.8 Å². The monoisotopic (exact) mass is 395 g/mol. The van der Waals surface area contributed by atoms with Gasteiger partial charge in [0, 0.05) is 42.1 Å². The molecule has 3 aromatic rings. The van der Waals surface area contributed by atoms with Crippen molar-refractivity contribution in [3.63, 3.8) is 0 Å². The lowest BCUT2D eigenvalue weighted by Gasteiger charge is -2.36. The minimum Gasteiger partial charge on any atom is -0.306 e. The van der Waals surface area contributed by atoms with Crippen LogP contribution in [0.1, 0.15) is 62.2 Å². The molecule has 1 aliphatic rings. The summed E-state index contributed by atoms with van der Waals surface area (Å²) in [4.78, 5) is 0. The number of fused-ring (bicyclic) bond motifs is 1. The minimum absolute atomic E-state index is 0.136. The van der Waals surface area contributed by atoms with Crippen LogP contribution in [0.5, 0.6) is 0 Å². The van der Waals surface area contributed by atoms with E-state index in [9.17, 15) is 4.39 Å². The Labute approximate surface area is 171 Å². The van der Waals surface area contributed by atoms with E-state index in [1.807, 2.05) is 21.6 Å². The Hall–Kier alpha value is -2.47. The fourth-order valence-corrected chi connectivity index (χ4v) is 4.36. The Bertz CT molecular complexity index is 1000. The molecule has 4 rings (SSSR count). The van der Waals surface area contributed by atoms with Crippen molar-refractivity contribution < 1.29 is 4.39 Å². The van der Waals surface area contributed by atoms with E-state index in [1.165, 1.54) is 22.9 Å². The number of hydrogen-bond donors (Lipinski definition) is 1. The van der Waals surface area contributed by atoms with Crippen molar-refractivity contribution in [1.82, 2.24) is 24.9 Å². The maximum atomic E-state index is 13.8.